The van der Waals surface area contributed by atoms with Gasteiger partial charge in [0.2, 0.25) is 10.0 Å². The van der Waals surface area contributed by atoms with Gasteiger partial charge in [0.1, 0.15) is 0 Å². The first-order chi connectivity index (χ1) is 8.04. The lowest BCUT2D eigenvalue weighted by molar-refractivity contribution is 0.297. The van der Waals surface area contributed by atoms with Gasteiger partial charge in [-0.05, 0) is 19.8 Å². The molecule has 1 fully saturated rings. The van der Waals surface area contributed by atoms with Crippen molar-refractivity contribution in [3.63, 3.8) is 0 Å². The van der Waals surface area contributed by atoms with Crippen LogP contribution in [0.5, 0.6) is 0 Å². The molecule has 1 unspecified atom stereocenters. The third-order valence-electron chi connectivity index (χ3n) is 2.87. The molecule has 7 heteroatoms. The fourth-order valence-corrected chi connectivity index (χ4v) is 4.13. The molecule has 1 aromatic heterocycles. The molecule has 17 heavy (non-hydrogen) atoms. The summed E-state index contributed by atoms with van der Waals surface area (Å²) in [5, 5.41) is 3.80. The van der Waals surface area contributed by atoms with E-state index in [-0.39, 0.29) is 17.7 Å². The Bertz CT molecular complexity index is 485. The predicted octanol–water partition coefficient (Wildman–Crippen LogP) is 1.69. The minimum absolute atomic E-state index is 0.0296. The second-order valence-corrected chi connectivity index (χ2v) is 6.56. The van der Waals surface area contributed by atoms with Crippen LogP contribution in [0, 0.1) is 6.92 Å². The molecular formula is C10H15ClN2O3S. The minimum atomic E-state index is -3.28. The maximum atomic E-state index is 12.0. The van der Waals surface area contributed by atoms with E-state index in [1.165, 1.54) is 4.31 Å². The molecule has 2 heterocycles. The summed E-state index contributed by atoms with van der Waals surface area (Å²) < 4.78 is 30.6. The van der Waals surface area contributed by atoms with Gasteiger partial charge in [-0.15, -0.1) is 11.6 Å². The molecule has 0 aliphatic carbocycles. The Kier molecular flexibility index (Phi) is 3.75. The maximum absolute atomic E-state index is 12.0. The number of rotatable bonds is 4. The van der Waals surface area contributed by atoms with Crippen molar-refractivity contribution >= 4 is 21.6 Å². The normalized spacial score (nSPS) is 22.1. The van der Waals surface area contributed by atoms with Crippen LogP contribution in [-0.2, 0) is 10.0 Å². The summed E-state index contributed by atoms with van der Waals surface area (Å²) in [5.41, 5.74) is 0.765. The number of halogens is 1. The minimum Gasteiger partial charge on any atom is -0.359 e. The van der Waals surface area contributed by atoms with Gasteiger partial charge in [0.25, 0.3) is 0 Å². The van der Waals surface area contributed by atoms with Crippen molar-refractivity contribution in [2.45, 2.75) is 25.8 Å². The highest BCUT2D eigenvalue weighted by atomic mass is 35.5. The van der Waals surface area contributed by atoms with Gasteiger partial charge >= 0.3 is 0 Å². The van der Waals surface area contributed by atoms with Crippen LogP contribution in [-0.4, -0.2) is 36.1 Å². The molecule has 0 amide bonds. The second-order valence-electron chi connectivity index (χ2n) is 4.14. The number of sulfonamides is 1. The molecule has 0 spiro atoms. The standard InChI is InChI=1S/C10H15ClN2O3S/c1-8-7-10(16-12-8)9-3-2-5-13(9)17(14,15)6-4-11/h7,9H,2-6H2,1H3. The molecular weight excluding hydrogens is 264 g/mol. The fraction of sp³-hybridized carbons (Fsp3) is 0.700. The van der Waals surface area contributed by atoms with E-state index in [0.717, 1.165) is 18.5 Å². The van der Waals surface area contributed by atoms with Crippen molar-refractivity contribution in [3.05, 3.63) is 17.5 Å². The summed E-state index contributed by atoms with van der Waals surface area (Å²) >= 11 is 5.52. The maximum Gasteiger partial charge on any atom is 0.215 e. The van der Waals surface area contributed by atoms with Gasteiger partial charge in [-0.2, -0.15) is 4.31 Å². The van der Waals surface area contributed by atoms with Gasteiger partial charge in [-0.25, -0.2) is 8.42 Å². The van der Waals surface area contributed by atoms with Crippen LogP contribution in [0.25, 0.3) is 0 Å². The number of aromatic nitrogens is 1. The van der Waals surface area contributed by atoms with Crippen molar-refractivity contribution in [2.75, 3.05) is 18.2 Å². The molecule has 96 valence electrons. The van der Waals surface area contributed by atoms with Crippen molar-refractivity contribution in [1.29, 1.82) is 0 Å². The van der Waals surface area contributed by atoms with E-state index >= 15 is 0 Å². The van der Waals surface area contributed by atoms with Gasteiger partial charge in [0.15, 0.2) is 5.76 Å². The Morgan fingerprint density at radius 2 is 2.41 bits per heavy atom. The SMILES string of the molecule is Cc1cc(C2CCCN2S(=O)(=O)CCCl)on1. The molecule has 2 rings (SSSR count). The van der Waals surface area contributed by atoms with Gasteiger partial charge in [0, 0.05) is 18.5 Å². The molecule has 1 atom stereocenters. The molecule has 5 nitrogen and oxygen atoms in total. The summed E-state index contributed by atoms with van der Waals surface area (Å²) in [4.78, 5) is 0. The van der Waals surface area contributed by atoms with E-state index in [4.69, 9.17) is 16.1 Å². The van der Waals surface area contributed by atoms with Crippen LogP contribution in [0.4, 0.5) is 0 Å². The Hall–Kier alpha value is -0.590. The van der Waals surface area contributed by atoms with Gasteiger partial charge < -0.3 is 4.52 Å². The van der Waals surface area contributed by atoms with Gasteiger partial charge in [-0.3, -0.25) is 0 Å². The Balaban J connectivity index is 2.24. The highest BCUT2D eigenvalue weighted by Crippen LogP contribution is 2.34. The molecule has 1 aliphatic heterocycles. The third kappa shape index (κ3) is 2.64. The lowest BCUT2D eigenvalue weighted by Gasteiger charge is -2.21. The van der Waals surface area contributed by atoms with Crippen LogP contribution < -0.4 is 0 Å². The van der Waals surface area contributed by atoms with Crippen molar-refractivity contribution in [1.82, 2.24) is 9.46 Å². The lowest BCUT2D eigenvalue weighted by Crippen LogP contribution is -2.33. The average Bonchev–Trinajstić information content (AvgIpc) is 2.84. The topological polar surface area (TPSA) is 63.4 Å². The molecule has 1 aliphatic rings. The summed E-state index contributed by atoms with van der Waals surface area (Å²) in [6.07, 6.45) is 1.61. The third-order valence-corrected chi connectivity index (χ3v) is 5.16. The fourth-order valence-electron chi connectivity index (χ4n) is 2.11. The summed E-state index contributed by atoms with van der Waals surface area (Å²) in [6, 6.07) is 1.57. The Morgan fingerprint density at radius 1 is 1.65 bits per heavy atom. The first-order valence-corrected chi connectivity index (χ1v) is 7.67. The predicted molar refractivity (Wildman–Crippen MR) is 64.4 cm³/mol. The van der Waals surface area contributed by atoms with Crippen LogP contribution in [0.15, 0.2) is 10.6 Å². The zero-order valence-corrected chi connectivity index (χ0v) is 11.2. The second kappa shape index (κ2) is 4.96. The monoisotopic (exact) mass is 278 g/mol. The molecule has 0 radical (unpaired) electrons. The van der Waals surface area contributed by atoms with Crippen molar-refractivity contribution in [2.24, 2.45) is 0 Å². The van der Waals surface area contributed by atoms with Crippen molar-refractivity contribution in [3.8, 4) is 0 Å². The average molecular weight is 279 g/mol. The number of nitrogens with zero attached hydrogens (tertiary/aromatic N) is 2. The smallest absolute Gasteiger partial charge is 0.215 e. The summed E-state index contributed by atoms with van der Waals surface area (Å²) in [5.74, 6) is 0.706. The van der Waals surface area contributed by atoms with Crippen LogP contribution >= 0.6 is 11.6 Å². The first kappa shape index (κ1) is 12.9. The molecule has 0 saturated carbocycles. The molecule has 0 bridgehead atoms. The highest BCUT2D eigenvalue weighted by molar-refractivity contribution is 7.89. The van der Waals surface area contributed by atoms with Gasteiger partial charge in [-0.1, -0.05) is 5.16 Å². The number of hydrogen-bond acceptors (Lipinski definition) is 4. The van der Waals surface area contributed by atoms with E-state index in [0.29, 0.717) is 12.3 Å². The van der Waals surface area contributed by atoms with E-state index in [1.807, 2.05) is 6.92 Å². The number of hydrogen-bond donors (Lipinski definition) is 0. The first-order valence-electron chi connectivity index (χ1n) is 5.53. The Labute approximate surface area is 106 Å². The van der Waals surface area contributed by atoms with Crippen LogP contribution in [0.1, 0.15) is 30.3 Å². The zero-order valence-electron chi connectivity index (χ0n) is 9.60. The number of alkyl halides is 1. The van der Waals surface area contributed by atoms with Gasteiger partial charge in [0.05, 0.1) is 17.5 Å². The van der Waals surface area contributed by atoms with Crippen LogP contribution in [0.2, 0.25) is 0 Å². The summed E-state index contributed by atoms with van der Waals surface area (Å²) in [7, 11) is -3.28. The number of aryl methyl sites for hydroxylation is 1. The zero-order chi connectivity index (χ0) is 12.5. The Morgan fingerprint density at radius 3 is 3.00 bits per heavy atom. The lowest BCUT2D eigenvalue weighted by atomic mass is 10.2. The van der Waals surface area contributed by atoms with E-state index in [9.17, 15) is 8.42 Å². The van der Waals surface area contributed by atoms with E-state index < -0.39 is 10.0 Å². The van der Waals surface area contributed by atoms with E-state index in [1.54, 1.807) is 6.07 Å². The molecule has 0 N–H and O–H groups in total. The molecule has 1 saturated heterocycles. The highest BCUT2D eigenvalue weighted by Gasteiger charge is 2.36. The van der Waals surface area contributed by atoms with Crippen LogP contribution in [0.3, 0.4) is 0 Å². The van der Waals surface area contributed by atoms with E-state index in [2.05, 4.69) is 5.16 Å². The molecule has 1 aromatic rings. The largest absolute Gasteiger partial charge is 0.359 e. The summed E-state index contributed by atoms with van der Waals surface area (Å²) in [6.45, 7) is 2.35. The van der Waals surface area contributed by atoms with Crippen molar-refractivity contribution < 1.29 is 12.9 Å². The quantitative estimate of drug-likeness (QED) is 0.786. The molecule has 0 aromatic carbocycles.